The summed E-state index contributed by atoms with van der Waals surface area (Å²) < 4.78 is 41.0. The van der Waals surface area contributed by atoms with E-state index in [1.54, 1.807) is 18.2 Å². The highest BCUT2D eigenvalue weighted by Gasteiger charge is 2.19. The van der Waals surface area contributed by atoms with Crippen LogP contribution in [-0.2, 0) is 22.7 Å². The Morgan fingerprint density at radius 1 is 1.14 bits per heavy atom. The minimum atomic E-state index is -0.548. The molecule has 0 unspecified atom stereocenters. The Bertz CT molecular complexity index is 836. The Hall–Kier alpha value is -2.80. The lowest BCUT2D eigenvalue weighted by Crippen LogP contribution is -2.15. The molecule has 1 aliphatic heterocycles. The van der Waals surface area contributed by atoms with Crippen molar-refractivity contribution in [3.05, 3.63) is 52.8 Å². The van der Waals surface area contributed by atoms with Crippen molar-refractivity contribution in [3.63, 3.8) is 0 Å². The molecule has 2 aromatic rings. The van der Waals surface area contributed by atoms with Gasteiger partial charge in [0, 0.05) is 11.1 Å². The Labute approximate surface area is 163 Å². The van der Waals surface area contributed by atoms with Crippen LogP contribution >= 0.6 is 0 Å². The van der Waals surface area contributed by atoms with Gasteiger partial charge in [0.05, 0.1) is 25.4 Å². The maximum atomic E-state index is 13.8. The summed E-state index contributed by atoms with van der Waals surface area (Å²) in [5.74, 6) is 0.573. The molecule has 0 saturated heterocycles. The van der Waals surface area contributed by atoms with Crippen molar-refractivity contribution in [1.82, 2.24) is 0 Å². The van der Waals surface area contributed by atoms with Crippen LogP contribution in [0.5, 0.6) is 17.2 Å². The first-order valence-corrected chi connectivity index (χ1v) is 9.21. The number of benzene rings is 2. The summed E-state index contributed by atoms with van der Waals surface area (Å²) in [6.45, 7) is 5.07. The highest BCUT2D eigenvalue weighted by atomic mass is 19.1. The lowest BCUT2D eigenvalue weighted by molar-refractivity contribution is -0.0183. The molecule has 0 atom stereocenters. The third-order valence-electron chi connectivity index (χ3n) is 4.05. The van der Waals surface area contributed by atoms with Gasteiger partial charge in [0.2, 0.25) is 0 Å². The minimum absolute atomic E-state index is 0.0799. The molecule has 150 valence electrons. The SMILES string of the molecule is CCCOc1ccc(C(=O)OCc2cc(F)cc3c2OCOC3)cc1OCC. The number of esters is 1. The van der Waals surface area contributed by atoms with Crippen LogP contribution in [0.15, 0.2) is 30.3 Å². The highest BCUT2D eigenvalue weighted by Crippen LogP contribution is 2.31. The van der Waals surface area contributed by atoms with Crippen molar-refractivity contribution in [2.75, 3.05) is 20.0 Å². The number of ether oxygens (including phenoxy) is 5. The third-order valence-corrected chi connectivity index (χ3v) is 4.05. The highest BCUT2D eigenvalue weighted by molar-refractivity contribution is 5.90. The van der Waals surface area contributed by atoms with E-state index in [9.17, 15) is 9.18 Å². The molecule has 0 bridgehead atoms. The quantitative estimate of drug-likeness (QED) is 0.629. The van der Waals surface area contributed by atoms with Crippen LogP contribution in [0.25, 0.3) is 0 Å². The lowest BCUT2D eigenvalue weighted by atomic mass is 10.1. The van der Waals surface area contributed by atoms with E-state index in [0.29, 0.717) is 47.2 Å². The number of fused-ring (bicyclic) bond motifs is 1. The summed E-state index contributed by atoms with van der Waals surface area (Å²) >= 11 is 0. The van der Waals surface area contributed by atoms with E-state index in [2.05, 4.69) is 0 Å². The van der Waals surface area contributed by atoms with Crippen molar-refractivity contribution in [1.29, 1.82) is 0 Å². The second kappa shape index (κ2) is 9.41. The van der Waals surface area contributed by atoms with Gasteiger partial charge in [-0.15, -0.1) is 0 Å². The van der Waals surface area contributed by atoms with E-state index in [1.165, 1.54) is 12.1 Å². The van der Waals surface area contributed by atoms with E-state index in [1.807, 2.05) is 13.8 Å². The first-order chi connectivity index (χ1) is 13.6. The topological polar surface area (TPSA) is 63.2 Å². The molecular formula is C21H23FO6. The number of hydrogen-bond donors (Lipinski definition) is 0. The van der Waals surface area contributed by atoms with Crippen molar-refractivity contribution in [3.8, 4) is 17.2 Å². The predicted molar refractivity (Wildman–Crippen MR) is 99.2 cm³/mol. The van der Waals surface area contributed by atoms with Gasteiger partial charge in [-0.2, -0.15) is 0 Å². The van der Waals surface area contributed by atoms with Crippen LogP contribution in [0, 0.1) is 5.82 Å². The predicted octanol–water partition coefficient (Wildman–Crippen LogP) is 4.24. The fourth-order valence-electron chi connectivity index (χ4n) is 2.83. The molecule has 0 aliphatic carbocycles. The van der Waals surface area contributed by atoms with Gasteiger partial charge >= 0.3 is 5.97 Å². The fourth-order valence-corrected chi connectivity index (χ4v) is 2.83. The average molecular weight is 390 g/mol. The van der Waals surface area contributed by atoms with E-state index in [-0.39, 0.29) is 20.0 Å². The van der Waals surface area contributed by atoms with Gasteiger partial charge in [-0.05, 0) is 43.7 Å². The molecule has 0 amide bonds. The van der Waals surface area contributed by atoms with Crippen LogP contribution in [0.2, 0.25) is 0 Å². The molecule has 1 heterocycles. The molecule has 7 heteroatoms. The zero-order valence-corrected chi connectivity index (χ0v) is 16.0. The summed E-state index contributed by atoms with van der Waals surface area (Å²) in [5, 5.41) is 0. The zero-order chi connectivity index (χ0) is 19.9. The fraction of sp³-hybridized carbons (Fsp3) is 0.381. The van der Waals surface area contributed by atoms with Gasteiger partial charge in [0.25, 0.3) is 0 Å². The molecule has 3 rings (SSSR count). The van der Waals surface area contributed by atoms with Crippen LogP contribution in [-0.4, -0.2) is 26.0 Å². The van der Waals surface area contributed by atoms with Crippen LogP contribution in [0.3, 0.4) is 0 Å². The summed E-state index contributed by atoms with van der Waals surface area (Å²) in [5.41, 5.74) is 1.37. The molecule has 28 heavy (non-hydrogen) atoms. The van der Waals surface area contributed by atoms with Crippen molar-refractivity contribution in [2.45, 2.75) is 33.5 Å². The maximum absolute atomic E-state index is 13.8. The molecule has 0 saturated carbocycles. The number of hydrogen-bond acceptors (Lipinski definition) is 6. The third kappa shape index (κ3) is 4.72. The van der Waals surface area contributed by atoms with Crippen molar-refractivity contribution >= 4 is 5.97 Å². The van der Waals surface area contributed by atoms with E-state index >= 15 is 0 Å². The molecule has 0 aromatic heterocycles. The second-order valence-electron chi connectivity index (χ2n) is 6.18. The molecule has 0 spiro atoms. The van der Waals surface area contributed by atoms with Gasteiger partial charge in [0.1, 0.15) is 18.2 Å². The monoisotopic (exact) mass is 390 g/mol. The Balaban J connectivity index is 1.73. The first-order valence-electron chi connectivity index (χ1n) is 9.21. The van der Waals surface area contributed by atoms with Gasteiger partial charge in [-0.1, -0.05) is 6.92 Å². The largest absolute Gasteiger partial charge is 0.490 e. The average Bonchev–Trinajstić information content (AvgIpc) is 2.70. The summed E-state index contributed by atoms with van der Waals surface area (Å²) in [6, 6.07) is 7.53. The first kappa shape index (κ1) is 19.9. The molecular weight excluding hydrogens is 367 g/mol. The van der Waals surface area contributed by atoms with Gasteiger partial charge in [-0.25, -0.2) is 9.18 Å². The van der Waals surface area contributed by atoms with Gasteiger partial charge in [-0.3, -0.25) is 0 Å². The Morgan fingerprint density at radius 3 is 2.79 bits per heavy atom. The molecule has 6 nitrogen and oxygen atoms in total. The smallest absolute Gasteiger partial charge is 0.338 e. The number of carbonyl (C=O) groups is 1. The Kier molecular flexibility index (Phi) is 6.71. The summed E-state index contributed by atoms with van der Waals surface area (Å²) in [7, 11) is 0. The summed E-state index contributed by atoms with van der Waals surface area (Å²) in [6.07, 6.45) is 0.862. The van der Waals surface area contributed by atoms with E-state index in [4.69, 9.17) is 23.7 Å². The molecule has 2 aromatic carbocycles. The van der Waals surface area contributed by atoms with E-state index < -0.39 is 11.8 Å². The molecule has 0 N–H and O–H groups in total. The molecule has 1 aliphatic rings. The molecule has 0 radical (unpaired) electrons. The van der Waals surface area contributed by atoms with Crippen molar-refractivity contribution in [2.24, 2.45) is 0 Å². The molecule has 0 fully saturated rings. The minimum Gasteiger partial charge on any atom is -0.490 e. The summed E-state index contributed by atoms with van der Waals surface area (Å²) in [4.78, 5) is 12.5. The normalized spacial score (nSPS) is 12.7. The standard InChI is InChI=1S/C21H23FO6/c1-3-7-26-18-6-5-14(10-19(18)25-4-2)21(23)27-12-16-9-17(22)8-15-11-24-13-28-20(15)16/h5-6,8-10H,3-4,7,11-13H2,1-2H3. The van der Waals surface area contributed by atoms with Gasteiger partial charge in [0.15, 0.2) is 18.3 Å². The van der Waals surface area contributed by atoms with Crippen LogP contribution < -0.4 is 14.2 Å². The number of halogens is 1. The second-order valence-corrected chi connectivity index (χ2v) is 6.18. The van der Waals surface area contributed by atoms with Crippen molar-refractivity contribution < 1.29 is 32.9 Å². The van der Waals surface area contributed by atoms with E-state index in [0.717, 1.165) is 6.42 Å². The maximum Gasteiger partial charge on any atom is 0.338 e. The number of rotatable bonds is 8. The Morgan fingerprint density at radius 2 is 2.00 bits per heavy atom. The lowest BCUT2D eigenvalue weighted by Gasteiger charge is -2.20. The van der Waals surface area contributed by atoms with Gasteiger partial charge < -0.3 is 23.7 Å². The van der Waals surface area contributed by atoms with Crippen LogP contribution in [0.1, 0.15) is 41.8 Å². The van der Waals surface area contributed by atoms with Crippen LogP contribution in [0.4, 0.5) is 4.39 Å². The number of carbonyl (C=O) groups excluding carboxylic acids is 1. The zero-order valence-electron chi connectivity index (χ0n) is 16.0.